The Morgan fingerprint density at radius 1 is 1.18 bits per heavy atom. The van der Waals surface area contributed by atoms with E-state index in [0.717, 1.165) is 37.8 Å². The van der Waals surface area contributed by atoms with E-state index >= 15 is 0 Å². The molecule has 4 nitrogen and oxygen atoms in total. The van der Waals surface area contributed by atoms with Gasteiger partial charge in [-0.25, -0.2) is 4.79 Å². The predicted molar refractivity (Wildman–Crippen MR) is 138 cm³/mol. The van der Waals surface area contributed by atoms with Crippen LogP contribution in [0.15, 0.2) is 28.5 Å². The summed E-state index contributed by atoms with van der Waals surface area (Å²) in [6.45, 7) is 16.4. The summed E-state index contributed by atoms with van der Waals surface area (Å²) in [5.74, 6) is 1.66. The summed E-state index contributed by atoms with van der Waals surface area (Å²) in [5, 5.41) is 22.6. The number of fused-ring (bicyclic) bond motifs is 5. The van der Waals surface area contributed by atoms with Crippen LogP contribution in [-0.2, 0) is 4.79 Å². The Hall–Kier alpha value is -1.58. The Balaban J connectivity index is 1.59. The second-order valence-electron chi connectivity index (χ2n) is 13.5. The normalized spacial score (nSPS) is 43.5. The first-order valence-electron chi connectivity index (χ1n) is 13.6. The van der Waals surface area contributed by atoms with Crippen molar-refractivity contribution in [3.8, 4) is 0 Å². The summed E-state index contributed by atoms with van der Waals surface area (Å²) in [5.41, 5.74) is 3.98. The van der Waals surface area contributed by atoms with Crippen LogP contribution in [0.3, 0.4) is 0 Å². The van der Waals surface area contributed by atoms with E-state index in [1.54, 1.807) is 12.5 Å². The first-order valence-corrected chi connectivity index (χ1v) is 13.6. The number of carbonyl (C=O) groups is 1. The van der Waals surface area contributed by atoms with Gasteiger partial charge in [0.25, 0.3) is 0 Å². The van der Waals surface area contributed by atoms with Crippen LogP contribution in [-0.4, -0.2) is 22.0 Å². The summed E-state index contributed by atoms with van der Waals surface area (Å²) >= 11 is 0. The molecule has 0 aliphatic heterocycles. The van der Waals surface area contributed by atoms with Crippen molar-refractivity contribution in [1.29, 1.82) is 0 Å². The van der Waals surface area contributed by atoms with E-state index in [9.17, 15) is 10.0 Å². The largest absolute Gasteiger partial charge is 0.478 e. The Labute approximate surface area is 207 Å². The van der Waals surface area contributed by atoms with Gasteiger partial charge in [0.15, 0.2) is 0 Å². The minimum Gasteiger partial charge on any atom is -0.478 e. The summed E-state index contributed by atoms with van der Waals surface area (Å²) < 4.78 is 0. The van der Waals surface area contributed by atoms with Crippen molar-refractivity contribution in [1.82, 2.24) is 0 Å². The zero-order chi connectivity index (χ0) is 25.1. The molecular weight excluding hydrogens is 422 g/mol. The first kappa shape index (κ1) is 25.5. The molecule has 0 heterocycles. The van der Waals surface area contributed by atoms with Gasteiger partial charge in [-0.1, -0.05) is 64.4 Å². The molecular formula is C30H47NO3. The van der Waals surface area contributed by atoms with Crippen LogP contribution in [0.25, 0.3) is 0 Å². The van der Waals surface area contributed by atoms with Crippen LogP contribution >= 0.6 is 0 Å². The van der Waals surface area contributed by atoms with E-state index in [4.69, 9.17) is 5.11 Å². The number of allylic oxidation sites excluding steroid dienone is 3. The van der Waals surface area contributed by atoms with Crippen LogP contribution in [0.2, 0.25) is 0 Å². The van der Waals surface area contributed by atoms with Crippen molar-refractivity contribution in [2.45, 2.75) is 106 Å². The van der Waals surface area contributed by atoms with E-state index in [1.807, 2.05) is 6.08 Å². The highest BCUT2D eigenvalue weighted by Crippen LogP contribution is 2.73. The lowest BCUT2D eigenvalue weighted by atomic mass is 9.41. The molecule has 34 heavy (non-hydrogen) atoms. The average Bonchev–Trinajstić information content (AvgIpc) is 3.04. The van der Waals surface area contributed by atoms with Gasteiger partial charge >= 0.3 is 5.97 Å². The highest BCUT2D eigenvalue weighted by atomic mass is 16.4. The minimum absolute atomic E-state index is 0.0558. The van der Waals surface area contributed by atoms with Gasteiger partial charge in [0.05, 0.1) is 5.71 Å². The highest BCUT2D eigenvalue weighted by Gasteiger charge is 2.65. The van der Waals surface area contributed by atoms with E-state index < -0.39 is 5.97 Å². The standard InChI is InChI=1S/C30H47NO3/c1-19(9-8-10-20(2)26(32)33)21-13-17-30(7)23-11-12-24-27(3,4)25(31-34)15-16-28(24,5)22(23)14-18-29(21,30)6/h10-11,19,21-22,24,34H,8-9,12-18H2,1-7H3,(H,32,33)/b20-10-,31-25+/t19-,21-,22-,24-,28+,29-,30+/m0/s1. The van der Waals surface area contributed by atoms with Gasteiger partial charge in [0.1, 0.15) is 0 Å². The molecule has 0 aromatic rings. The number of carboxylic acids is 1. The molecule has 0 saturated heterocycles. The SMILES string of the molecule is C/C(=C/CC[C@H](C)[C@@H]1CC[C@]2(C)C3=CC[C@H]4C(C)(C)/C(=N/O)CC[C@]4(C)[C@H]3CC[C@@]12C)C(=O)O. The molecule has 3 saturated carbocycles. The van der Waals surface area contributed by atoms with Gasteiger partial charge in [-0.3, -0.25) is 0 Å². The van der Waals surface area contributed by atoms with Gasteiger partial charge in [0, 0.05) is 11.0 Å². The van der Waals surface area contributed by atoms with E-state index in [0.29, 0.717) is 34.7 Å². The second-order valence-corrected chi connectivity index (χ2v) is 13.5. The fourth-order valence-corrected chi connectivity index (χ4v) is 9.51. The Morgan fingerprint density at radius 2 is 1.88 bits per heavy atom. The number of oxime groups is 1. The molecule has 4 aliphatic rings. The van der Waals surface area contributed by atoms with Crippen LogP contribution < -0.4 is 0 Å². The van der Waals surface area contributed by atoms with Crippen molar-refractivity contribution >= 4 is 11.7 Å². The van der Waals surface area contributed by atoms with Crippen LogP contribution in [0.5, 0.6) is 0 Å². The molecule has 0 aromatic heterocycles. The number of aliphatic carboxylic acids is 1. The Kier molecular flexibility index (Phi) is 6.39. The zero-order valence-corrected chi connectivity index (χ0v) is 22.6. The van der Waals surface area contributed by atoms with Crippen molar-refractivity contribution in [2.24, 2.45) is 50.5 Å². The number of carboxylic acid groups (broad SMARTS) is 1. The molecule has 0 radical (unpaired) electrons. The van der Waals surface area contributed by atoms with Crippen LogP contribution in [0.1, 0.15) is 106 Å². The molecule has 0 amide bonds. The lowest BCUT2D eigenvalue weighted by molar-refractivity contribution is -0.132. The molecule has 4 rings (SSSR count). The lowest BCUT2D eigenvalue weighted by Crippen LogP contribution is -2.57. The van der Waals surface area contributed by atoms with Gasteiger partial charge in [-0.2, -0.15) is 0 Å². The topological polar surface area (TPSA) is 69.9 Å². The predicted octanol–water partition coefficient (Wildman–Crippen LogP) is 7.87. The van der Waals surface area contributed by atoms with Crippen molar-refractivity contribution < 1.29 is 15.1 Å². The van der Waals surface area contributed by atoms with Gasteiger partial charge in [-0.05, 0) is 105 Å². The number of hydrogen-bond donors (Lipinski definition) is 2. The molecule has 0 spiro atoms. The van der Waals surface area contributed by atoms with E-state index in [2.05, 4.69) is 52.8 Å². The summed E-state index contributed by atoms with van der Waals surface area (Å²) in [6.07, 6.45) is 14.7. The lowest BCUT2D eigenvalue weighted by Gasteiger charge is -2.63. The van der Waals surface area contributed by atoms with Crippen LogP contribution in [0.4, 0.5) is 0 Å². The Morgan fingerprint density at radius 3 is 2.53 bits per heavy atom. The van der Waals surface area contributed by atoms with E-state index in [-0.39, 0.29) is 16.2 Å². The van der Waals surface area contributed by atoms with Crippen molar-refractivity contribution in [3.63, 3.8) is 0 Å². The second kappa shape index (κ2) is 8.52. The van der Waals surface area contributed by atoms with Crippen LogP contribution in [0, 0.1) is 45.3 Å². The molecule has 4 aliphatic carbocycles. The maximum Gasteiger partial charge on any atom is 0.330 e. The molecule has 0 bridgehead atoms. The summed E-state index contributed by atoms with van der Waals surface area (Å²) in [6, 6.07) is 0. The molecule has 190 valence electrons. The third kappa shape index (κ3) is 3.53. The summed E-state index contributed by atoms with van der Waals surface area (Å²) in [4.78, 5) is 11.2. The first-order chi connectivity index (χ1) is 15.8. The molecule has 4 heteroatoms. The Bertz CT molecular complexity index is 929. The summed E-state index contributed by atoms with van der Waals surface area (Å²) in [7, 11) is 0. The maximum absolute atomic E-state index is 11.2. The third-order valence-electron chi connectivity index (χ3n) is 11.9. The fraction of sp³-hybridized carbons (Fsp3) is 0.800. The zero-order valence-electron chi connectivity index (χ0n) is 22.6. The van der Waals surface area contributed by atoms with Gasteiger partial charge in [-0.15, -0.1) is 0 Å². The van der Waals surface area contributed by atoms with Crippen molar-refractivity contribution in [2.75, 3.05) is 0 Å². The minimum atomic E-state index is -0.800. The molecule has 0 unspecified atom stereocenters. The molecule has 2 N–H and O–H groups in total. The molecule has 7 atom stereocenters. The molecule has 0 aromatic carbocycles. The van der Waals surface area contributed by atoms with E-state index in [1.165, 1.54) is 25.7 Å². The quantitative estimate of drug-likeness (QED) is 0.186. The van der Waals surface area contributed by atoms with Gasteiger partial charge < -0.3 is 10.3 Å². The van der Waals surface area contributed by atoms with Crippen molar-refractivity contribution in [3.05, 3.63) is 23.3 Å². The molecule has 3 fully saturated rings. The number of hydrogen-bond acceptors (Lipinski definition) is 3. The fourth-order valence-electron chi connectivity index (χ4n) is 9.51. The van der Waals surface area contributed by atoms with Gasteiger partial charge in [0.2, 0.25) is 0 Å². The smallest absolute Gasteiger partial charge is 0.330 e. The highest BCUT2D eigenvalue weighted by molar-refractivity contribution is 5.90. The number of nitrogens with zero attached hydrogens (tertiary/aromatic N) is 1. The third-order valence-corrected chi connectivity index (χ3v) is 11.9. The number of rotatable bonds is 5. The monoisotopic (exact) mass is 469 g/mol. The maximum atomic E-state index is 11.2. The average molecular weight is 470 g/mol.